The second kappa shape index (κ2) is 2.58. The Bertz CT molecular complexity index is 273. The first kappa shape index (κ1) is 7.78. The molecule has 0 aliphatic heterocycles. The van der Waals surface area contributed by atoms with Crippen molar-refractivity contribution in [2.75, 3.05) is 0 Å². The lowest BCUT2D eigenvalue weighted by Gasteiger charge is -2.34. The van der Waals surface area contributed by atoms with E-state index in [9.17, 15) is 4.79 Å². The Morgan fingerprint density at radius 3 is 3.08 bits per heavy atom. The van der Waals surface area contributed by atoms with Crippen molar-refractivity contribution >= 4 is 5.78 Å². The highest BCUT2D eigenvalue weighted by molar-refractivity contribution is 5.91. The van der Waals surface area contributed by atoms with Gasteiger partial charge in [0.15, 0.2) is 5.78 Å². The molecule has 0 heterocycles. The lowest BCUT2D eigenvalue weighted by molar-refractivity contribution is -0.115. The van der Waals surface area contributed by atoms with E-state index in [-0.39, 0.29) is 5.41 Å². The van der Waals surface area contributed by atoms with E-state index in [1.807, 2.05) is 6.08 Å². The van der Waals surface area contributed by atoms with Crippen molar-refractivity contribution in [3.8, 4) is 0 Å². The summed E-state index contributed by atoms with van der Waals surface area (Å²) in [6, 6.07) is 0. The monoisotopic (exact) mass is 162 g/mol. The molecule has 0 saturated heterocycles. The van der Waals surface area contributed by atoms with Crippen LogP contribution in [-0.4, -0.2) is 5.78 Å². The first-order valence-electron chi connectivity index (χ1n) is 4.62. The van der Waals surface area contributed by atoms with Gasteiger partial charge in [0.1, 0.15) is 0 Å². The van der Waals surface area contributed by atoms with Crippen LogP contribution < -0.4 is 0 Å². The molecule has 64 valence electrons. The molecule has 0 bridgehead atoms. The Morgan fingerprint density at radius 2 is 2.25 bits per heavy atom. The maximum absolute atomic E-state index is 11.2. The number of allylic oxidation sites excluding steroid dienone is 4. The van der Waals surface area contributed by atoms with Crippen molar-refractivity contribution in [1.82, 2.24) is 0 Å². The molecule has 0 radical (unpaired) electrons. The summed E-state index contributed by atoms with van der Waals surface area (Å²) >= 11 is 0. The standard InChI is InChI=1S/C11H14O/c1-11-6-3-2-4-9(11)8-10(12)5-7-11/h3,6,8H,2,4-5,7H2,1H3/t11-/m0/s1. The third kappa shape index (κ3) is 1.13. The largest absolute Gasteiger partial charge is 0.295 e. The molecule has 0 amide bonds. The minimum absolute atomic E-state index is 0.214. The SMILES string of the molecule is C[C@@]12C=CCCC1=CC(=O)CC2. The topological polar surface area (TPSA) is 17.1 Å². The lowest BCUT2D eigenvalue weighted by atomic mass is 9.69. The van der Waals surface area contributed by atoms with E-state index in [1.165, 1.54) is 5.57 Å². The molecule has 0 unspecified atom stereocenters. The summed E-state index contributed by atoms with van der Waals surface area (Å²) in [7, 11) is 0. The van der Waals surface area contributed by atoms with Crippen LogP contribution in [0.5, 0.6) is 0 Å². The fraction of sp³-hybridized carbons (Fsp3) is 0.545. The minimum atomic E-state index is 0.214. The van der Waals surface area contributed by atoms with E-state index in [4.69, 9.17) is 0 Å². The highest BCUT2D eigenvalue weighted by atomic mass is 16.1. The Hall–Kier alpha value is -0.850. The molecule has 0 aromatic heterocycles. The summed E-state index contributed by atoms with van der Waals surface area (Å²) in [5.41, 5.74) is 1.56. The molecule has 0 aromatic carbocycles. The summed E-state index contributed by atoms with van der Waals surface area (Å²) < 4.78 is 0. The number of carbonyl (C=O) groups excluding carboxylic acids is 1. The quantitative estimate of drug-likeness (QED) is 0.500. The van der Waals surface area contributed by atoms with Gasteiger partial charge in [-0.15, -0.1) is 0 Å². The smallest absolute Gasteiger partial charge is 0.155 e. The third-order valence-corrected chi connectivity index (χ3v) is 3.03. The molecule has 0 spiro atoms. The van der Waals surface area contributed by atoms with Crippen molar-refractivity contribution in [3.05, 3.63) is 23.8 Å². The summed E-state index contributed by atoms with van der Waals surface area (Å²) in [5, 5.41) is 0. The second-order valence-corrected chi connectivity index (χ2v) is 3.99. The second-order valence-electron chi connectivity index (χ2n) is 3.99. The molecule has 0 fully saturated rings. The zero-order valence-corrected chi connectivity index (χ0v) is 7.47. The first-order valence-corrected chi connectivity index (χ1v) is 4.62. The number of rotatable bonds is 0. The summed E-state index contributed by atoms with van der Waals surface area (Å²) in [5.74, 6) is 0.317. The predicted octanol–water partition coefficient (Wildman–Crippen LogP) is 2.63. The van der Waals surface area contributed by atoms with Crippen LogP contribution in [0.25, 0.3) is 0 Å². The zero-order chi connectivity index (χ0) is 8.60. The number of hydrogen-bond donors (Lipinski definition) is 0. The lowest BCUT2D eigenvalue weighted by Crippen LogP contribution is -2.25. The zero-order valence-electron chi connectivity index (χ0n) is 7.47. The molecule has 1 atom stereocenters. The van der Waals surface area contributed by atoms with Gasteiger partial charge < -0.3 is 0 Å². The van der Waals surface area contributed by atoms with E-state index in [0.29, 0.717) is 5.78 Å². The summed E-state index contributed by atoms with van der Waals surface area (Å²) in [6.45, 7) is 2.24. The Kier molecular flexibility index (Phi) is 1.67. The van der Waals surface area contributed by atoms with E-state index >= 15 is 0 Å². The van der Waals surface area contributed by atoms with Crippen LogP contribution >= 0.6 is 0 Å². The highest BCUT2D eigenvalue weighted by Gasteiger charge is 2.31. The van der Waals surface area contributed by atoms with Crippen molar-refractivity contribution < 1.29 is 4.79 Å². The van der Waals surface area contributed by atoms with E-state index in [2.05, 4.69) is 19.1 Å². The van der Waals surface area contributed by atoms with Crippen LogP contribution in [0.1, 0.15) is 32.6 Å². The molecule has 12 heavy (non-hydrogen) atoms. The fourth-order valence-corrected chi connectivity index (χ4v) is 2.11. The van der Waals surface area contributed by atoms with Gasteiger partial charge in [-0.2, -0.15) is 0 Å². The summed E-state index contributed by atoms with van der Waals surface area (Å²) in [4.78, 5) is 11.2. The van der Waals surface area contributed by atoms with Crippen LogP contribution in [-0.2, 0) is 4.79 Å². The van der Waals surface area contributed by atoms with Gasteiger partial charge in [0, 0.05) is 11.8 Å². The van der Waals surface area contributed by atoms with Gasteiger partial charge in [0.25, 0.3) is 0 Å². The van der Waals surface area contributed by atoms with Gasteiger partial charge in [0.2, 0.25) is 0 Å². The van der Waals surface area contributed by atoms with Crippen LogP contribution in [0.2, 0.25) is 0 Å². The molecule has 2 aliphatic carbocycles. The first-order chi connectivity index (χ1) is 5.71. The molecule has 1 nitrogen and oxygen atoms in total. The molecular formula is C11H14O. The predicted molar refractivity (Wildman–Crippen MR) is 48.8 cm³/mol. The van der Waals surface area contributed by atoms with Crippen LogP contribution in [0.15, 0.2) is 23.8 Å². The van der Waals surface area contributed by atoms with Crippen molar-refractivity contribution in [2.24, 2.45) is 5.41 Å². The highest BCUT2D eigenvalue weighted by Crippen LogP contribution is 2.42. The average Bonchev–Trinajstić information content (AvgIpc) is 2.06. The van der Waals surface area contributed by atoms with Gasteiger partial charge in [-0.05, 0) is 25.3 Å². The molecule has 0 saturated carbocycles. The van der Waals surface area contributed by atoms with Gasteiger partial charge in [-0.25, -0.2) is 0 Å². The van der Waals surface area contributed by atoms with Crippen LogP contribution in [0.3, 0.4) is 0 Å². The minimum Gasteiger partial charge on any atom is -0.295 e. The average molecular weight is 162 g/mol. The van der Waals surface area contributed by atoms with Crippen molar-refractivity contribution in [3.63, 3.8) is 0 Å². The fourth-order valence-electron chi connectivity index (χ4n) is 2.11. The van der Waals surface area contributed by atoms with E-state index in [0.717, 1.165) is 25.7 Å². The molecule has 0 aromatic rings. The molecule has 2 rings (SSSR count). The van der Waals surface area contributed by atoms with E-state index < -0.39 is 0 Å². The molecule has 0 N–H and O–H groups in total. The van der Waals surface area contributed by atoms with Crippen LogP contribution in [0.4, 0.5) is 0 Å². The number of ketones is 1. The van der Waals surface area contributed by atoms with Gasteiger partial charge in [0.05, 0.1) is 0 Å². The molecule has 1 heteroatoms. The Labute approximate surface area is 73.2 Å². The maximum atomic E-state index is 11.2. The van der Waals surface area contributed by atoms with Gasteiger partial charge >= 0.3 is 0 Å². The summed E-state index contributed by atoms with van der Waals surface area (Å²) in [6.07, 6.45) is 10.3. The Balaban J connectivity index is 2.39. The van der Waals surface area contributed by atoms with Gasteiger partial charge in [-0.1, -0.05) is 24.6 Å². The van der Waals surface area contributed by atoms with Crippen molar-refractivity contribution in [2.45, 2.75) is 32.6 Å². The van der Waals surface area contributed by atoms with Crippen LogP contribution in [0, 0.1) is 5.41 Å². The number of carbonyl (C=O) groups is 1. The van der Waals surface area contributed by atoms with E-state index in [1.54, 1.807) is 0 Å². The maximum Gasteiger partial charge on any atom is 0.155 e. The normalized spacial score (nSPS) is 34.4. The molecular weight excluding hydrogens is 148 g/mol. The van der Waals surface area contributed by atoms with Crippen molar-refractivity contribution in [1.29, 1.82) is 0 Å². The Morgan fingerprint density at radius 1 is 1.42 bits per heavy atom. The third-order valence-electron chi connectivity index (χ3n) is 3.03. The molecule has 2 aliphatic rings. The number of hydrogen-bond acceptors (Lipinski definition) is 1. The number of fused-ring (bicyclic) bond motifs is 1. The van der Waals surface area contributed by atoms with Gasteiger partial charge in [-0.3, -0.25) is 4.79 Å².